The Bertz CT molecular complexity index is 394. The Balaban J connectivity index is 3.17. The van der Waals surface area contributed by atoms with Crippen molar-refractivity contribution >= 4 is 11.7 Å². The van der Waals surface area contributed by atoms with Crippen molar-refractivity contribution in [2.24, 2.45) is 0 Å². The summed E-state index contributed by atoms with van der Waals surface area (Å²) in [5, 5.41) is 8.53. The summed E-state index contributed by atoms with van der Waals surface area (Å²) >= 11 is 0. The number of aliphatic carboxylic acids is 1. The third-order valence-electron chi connectivity index (χ3n) is 1.90. The minimum absolute atomic E-state index is 0.114. The van der Waals surface area contributed by atoms with Gasteiger partial charge in [0.2, 0.25) is 0 Å². The molecule has 0 spiro atoms. The number of halogens is 2. The molecule has 0 aliphatic rings. The van der Waals surface area contributed by atoms with Gasteiger partial charge in [-0.3, -0.25) is 4.79 Å². The van der Waals surface area contributed by atoms with Gasteiger partial charge in [-0.05, 0) is 18.6 Å². The maximum Gasteiger partial charge on any atom is 0.309 e. The minimum atomic E-state index is -2.79. The number of anilines is 1. The lowest BCUT2D eigenvalue weighted by Gasteiger charge is -2.08. The van der Waals surface area contributed by atoms with E-state index >= 15 is 0 Å². The Morgan fingerprint density at radius 1 is 1.67 bits per heavy atom. The Kier molecular flexibility index (Phi) is 3.18. The Hall–Kier alpha value is -1.72. The third kappa shape index (κ3) is 2.61. The van der Waals surface area contributed by atoms with E-state index < -0.39 is 18.1 Å². The molecule has 0 aliphatic heterocycles. The number of carboxylic acid groups (broad SMARTS) is 1. The fourth-order valence-corrected chi connectivity index (χ4v) is 1.19. The molecule has 1 rings (SSSR count). The molecule has 82 valence electrons. The molecule has 0 aliphatic carbocycles. The number of aromatic nitrogens is 1. The van der Waals surface area contributed by atoms with Gasteiger partial charge in [0.05, 0.1) is 17.8 Å². The average Bonchev–Trinajstić information content (AvgIpc) is 2.08. The molecule has 6 heteroatoms. The highest BCUT2D eigenvalue weighted by molar-refractivity contribution is 5.70. The maximum atomic E-state index is 12.4. The smallest absolute Gasteiger partial charge is 0.309 e. The lowest BCUT2D eigenvalue weighted by molar-refractivity contribution is -0.136. The zero-order valence-electron chi connectivity index (χ0n) is 8.00. The van der Waals surface area contributed by atoms with Crippen LogP contribution in [0, 0.1) is 6.92 Å². The van der Waals surface area contributed by atoms with Gasteiger partial charge in [0.25, 0.3) is 6.43 Å². The first kappa shape index (κ1) is 11.4. The van der Waals surface area contributed by atoms with Crippen molar-refractivity contribution in [3.63, 3.8) is 0 Å². The van der Waals surface area contributed by atoms with Crippen molar-refractivity contribution in [1.82, 2.24) is 4.98 Å². The number of carbonyl (C=O) groups is 1. The van der Waals surface area contributed by atoms with Crippen molar-refractivity contribution < 1.29 is 18.7 Å². The third-order valence-corrected chi connectivity index (χ3v) is 1.90. The molecule has 0 fully saturated rings. The predicted octanol–water partition coefficient (Wildman–Crippen LogP) is 1.54. The number of aryl methyl sites for hydroxylation is 1. The highest BCUT2D eigenvalue weighted by Gasteiger charge is 2.16. The molecule has 15 heavy (non-hydrogen) atoms. The molecule has 1 aromatic rings. The second-order valence-electron chi connectivity index (χ2n) is 3.10. The zero-order valence-corrected chi connectivity index (χ0v) is 8.00. The van der Waals surface area contributed by atoms with E-state index in [0.29, 0.717) is 5.56 Å². The van der Waals surface area contributed by atoms with Gasteiger partial charge in [0.15, 0.2) is 0 Å². The molecule has 0 saturated heterocycles. The largest absolute Gasteiger partial charge is 0.481 e. The van der Waals surface area contributed by atoms with Crippen LogP contribution in [0.1, 0.15) is 23.4 Å². The van der Waals surface area contributed by atoms with Crippen LogP contribution in [0.5, 0.6) is 0 Å². The highest BCUT2D eigenvalue weighted by Crippen LogP contribution is 2.24. The van der Waals surface area contributed by atoms with Crippen molar-refractivity contribution in [1.29, 1.82) is 0 Å². The molecule has 0 atom stereocenters. The van der Waals surface area contributed by atoms with Crippen LogP contribution < -0.4 is 5.73 Å². The molecule has 3 N–H and O–H groups in total. The summed E-state index contributed by atoms with van der Waals surface area (Å²) in [6.45, 7) is 1.58. The quantitative estimate of drug-likeness (QED) is 0.803. The predicted molar refractivity (Wildman–Crippen MR) is 49.7 cm³/mol. The lowest BCUT2D eigenvalue weighted by atomic mass is 10.1. The number of rotatable bonds is 3. The number of pyridine rings is 1. The number of alkyl halides is 2. The van der Waals surface area contributed by atoms with Crippen LogP contribution in [-0.2, 0) is 11.2 Å². The van der Waals surface area contributed by atoms with E-state index in [1.165, 1.54) is 6.07 Å². The Labute approximate surface area is 84.7 Å². The molecule has 0 unspecified atom stereocenters. The van der Waals surface area contributed by atoms with Crippen LogP contribution in [0.4, 0.5) is 14.5 Å². The summed E-state index contributed by atoms with van der Waals surface area (Å²) in [7, 11) is 0. The monoisotopic (exact) mass is 216 g/mol. The SMILES string of the molecule is Cc1cc(N)c(C(F)F)nc1CC(=O)O. The zero-order chi connectivity index (χ0) is 11.6. The van der Waals surface area contributed by atoms with Crippen molar-refractivity contribution in [2.45, 2.75) is 19.8 Å². The first-order chi connectivity index (χ1) is 6.91. The molecular formula is C9H10F2N2O2. The van der Waals surface area contributed by atoms with E-state index in [1.54, 1.807) is 6.92 Å². The topological polar surface area (TPSA) is 76.2 Å². The number of hydrogen-bond acceptors (Lipinski definition) is 3. The van der Waals surface area contributed by atoms with E-state index in [0.717, 1.165) is 0 Å². The first-order valence-electron chi connectivity index (χ1n) is 4.17. The molecule has 0 amide bonds. The van der Waals surface area contributed by atoms with Crippen LogP contribution >= 0.6 is 0 Å². The van der Waals surface area contributed by atoms with Crippen LogP contribution in [0.2, 0.25) is 0 Å². The highest BCUT2D eigenvalue weighted by atomic mass is 19.3. The summed E-state index contributed by atoms with van der Waals surface area (Å²) < 4.78 is 24.8. The van der Waals surface area contributed by atoms with Crippen LogP contribution in [-0.4, -0.2) is 16.1 Å². The Morgan fingerprint density at radius 2 is 2.27 bits per heavy atom. The van der Waals surface area contributed by atoms with Gasteiger partial charge in [-0.15, -0.1) is 0 Å². The van der Waals surface area contributed by atoms with E-state index in [9.17, 15) is 13.6 Å². The number of nitrogen functional groups attached to an aromatic ring is 1. The number of nitrogens with two attached hydrogens (primary N) is 1. The van der Waals surface area contributed by atoms with E-state index in [4.69, 9.17) is 10.8 Å². The van der Waals surface area contributed by atoms with Crippen LogP contribution in [0.15, 0.2) is 6.07 Å². The normalized spacial score (nSPS) is 10.7. The Morgan fingerprint density at radius 3 is 2.73 bits per heavy atom. The fourth-order valence-electron chi connectivity index (χ4n) is 1.19. The molecule has 1 heterocycles. The van der Waals surface area contributed by atoms with Crippen molar-refractivity contribution in [2.75, 3.05) is 5.73 Å². The van der Waals surface area contributed by atoms with Crippen molar-refractivity contribution in [3.8, 4) is 0 Å². The fraction of sp³-hybridized carbons (Fsp3) is 0.333. The molecule has 0 bridgehead atoms. The molecular weight excluding hydrogens is 206 g/mol. The summed E-state index contributed by atoms with van der Waals surface area (Å²) in [4.78, 5) is 14.0. The molecule has 0 radical (unpaired) electrons. The number of nitrogens with zero attached hydrogens (tertiary/aromatic N) is 1. The summed E-state index contributed by atoms with van der Waals surface area (Å²) in [6.07, 6.45) is -3.18. The number of carboxylic acids is 1. The summed E-state index contributed by atoms with van der Waals surface area (Å²) in [5.41, 5.74) is 5.28. The second-order valence-corrected chi connectivity index (χ2v) is 3.10. The summed E-state index contributed by atoms with van der Waals surface area (Å²) in [6, 6.07) is 1.31. The molecule has 4 nitrogen and oxygen atoms in total. The molecule has 1 aromatic heterocycles. The lowest BCUT2D eigenvalue weighted by Crippen LogP contribution is -2.09. The van der Waals surface area contributed by atoms with Gasteiger partial charge >= 0.3 is 5.97 Å². The van der Waals surface area contributed by atoms with Gasteiger partial charge in [-0.1, -0.05) is 0 Å². The van der Waals surface area contributed by atoms with Crippen LogP contribution in [0.3, 0.4) is 0 Å². The van der Waals surface area contributed by atoms with Gasteiger partial charge in [-0.25, -0.2) is 13.8 Å². The maximum absolute atomic E-state index is 12.4. The van der Waals surface area contributed by atoms with E-state index in [1.807, 2.05) is 0 Å². The van der Waals surface area contributed by atoms with Gasteiger partial charge in [0, 0.05) is 0 Å². The average molecular weight is 216 g/mol. The first-order valence-corrected chi connectivity index (χ1v) is 4.17. The van der Waals surface area contributed by atoms with Gasteiger partial charge in [0.1, 0.15) is 5.69 Å². The van der Waals surface area contributed by atoms with E-state index in [-0.39, 0.29) is 17.8 Å². The van der Waals surface area contributed by atoms with Gasteiger partial charge < -0.3 is 10.8 Å². The number of hydrogen-bond donors (Lipinski definition) is 2. The second kappa shape index (κ2) is 4.20. The minimum Gasteiger partial charge on any atom is -0.481 e. The summed E-state index contributed by atoms with van der Waals surface area (Å²) in [5.74, 6) is -1.12. The van der Waals surface area contributed by atoms with Crippen molar-refractivity contribution in [3.05, 3.63) is 23.0 Å². The molecule has 0 saturated carbocycles. The van der Waals surface area contributed by atoms with Crippen LogP contribution in [0.25, 0.3) is 0 Å². The van der Waals surface area contributed by atoms with Gasteiger partial charge in [-0.2, -0.15) is 0 Å². The standard InChI is InChI=1S/C9H10F2N2O2/c1-4-2-5(12)8(9(10)11)13-6(4)3-7(14)15/h2,9H,3,12H2,1H3,(H,14,15). The molecule has 0 aromatic carbocycles. The van der Waals surface area contributed by atoms with E-state index in [2.05, 4.69) is 4.98 Å².